The summed E-state index contributed by atoms with van der Waals surface area (Å²) in [6.07, 6.45) is 2.26. The van der Waals surface area contributed by atoms with E-state index in [1.807, 2.05) is 18.2 Å². The minimum Gasteiger partial charge on any atom is -0.459 e. The molecule has 0 spiro atoms. The number of thioether (sulfide) groups is 1. The largest absolute Gasteiger partial charge is 0.459 e. The van der Waals surface area contributed by atoms with Gasteiger partial charge in [-0.05, 0) is 43.2 Å². The summed E-state index contributed by atoms with van der Waals surface area (Å²) in [4.78, 5) is 0. The lowest BCUT2D eigenvalue weighted by atomic mass is 10.1. The van der Waals surface area contributed by atoms with E-state index >= 15 is 0 Å². The van der Waals surface area contributed by atoms with Crippen molar-refractivity contribution >= 4 is 11.8 Å². The van der Waals surface area contributed by atoms with E-state index in [0.717, 1.165) is 16.7 Å². The first-order valence-corrected chi connectivity index (χ1v) is 11.2. The third kappa shape index (κ3) is 4.22. The zero-order valence-electron chi connectivity index (χ0n) is 17.7. The molecule has 0 aliphatic carbocycles. The van der Waals surface area contributed by atoms with Gasteiger partial charge in [0.2, 0.25) is 5.89 Å². The molecule has 8 heteroatoms. The van der Waals surface area contributed by atoms with E-state index in [1.165, 1.54) is 28.5 Å². The van der Waals surface area contributed by atoms with Crippen molar-refractivity contribution in [1.29, 1.82) is 0 Å². The summed E-state index contributed by atoms with van der Waals surface area (Å²) in [5.41, 5.74) is 4.63. The molecule has 0 aliphatic heterocycles. The average Bonchev–Trinajstić information content (AvgIpc) is 3.55. The molecule has 2 aromatic carbocycles. The molecule has 0 unspecified atom stereocenters. The van der Waals surface area contributed by atoms with Gasteiger partial charge in [0.05, 0.1) is 17.7 Å². The van der Waals surface area contributed by atoms with Crippen LogP contribution in [0.4, 0.5) is 0 Å². The Morgan fingerprint density at radius 1 is 0.906 bits per heavy atom. The van der Waals surface area contributed by atoms with Gasteiger partial charge >= 0.3 is 0 Å². The molecule has 0 aliphatic rings. The van der Waals surface area contributed by atoms with Crippen molar-refractivity contribution in [3.05, 3.63) is 95.3 Å². The summed E-state index contributed by atoms with van der Waals surface area (Å²) in [5, 5.41) is 18.0. The predicted molar refractivity (Wildman–Crippen MR) is 122 cm³/mol. The molecule has 0 amide bonds. The van der Waals surface area contributed by atoms with Crippen LogP contribution in [0.1, 0.15) is 28.4 Å². The molecule has 0 bridgehead atoms. The third-order valence-corrected chi connectivity index (χ3v) is 5.94. The predicted octanol–water partition coefficient (Wildman–Crippen LogP) is 5.41. The van der Waals surface area contributed by atoms with E-state index in [1.54, 1.807) is 18.4 Å². The van der Waals surface area contributed by atoms with Crippen LogP contribution in [0.3, 0.4) is 0 Å². The van der Waals surface area contributed by atoms with Gasteiger partial charge < -0.3 is 8.83 Å². The van der Waals surface area contributed by atoms with Crippen molar-refractivity contribution in [2.24, 2.45) is 0 Å². The molecule has 0 radical (unpaired) electrons. The first kappa shape index (κ1) is 20.3. The zero-order valence-corrected chi connectivity index (χ0v) is 18.5. The Balaban J connectivity index is 1.45. The Kier molecular flexibility index (Phi) is 5.60. The first-order chi connectivity index (χ1) is 15.7. The zero-order chi connectivity index (χ0) is 21.9. The Hall–Kier alpha value is -3.65. The highest BCUT2D eigenvalue weighted by Crippen LogP contribution is 2.29. The van der Waals surface area contributed by atoms with Crippen LogP contribution in [0.15, 0.2) is 80.9 Å². The van der Waals surface area contributed by atoms with Gasteiger partial charge in [-0.1, -0.05) is 59.8 Å². The molecule has 0 atom stereocenters. The van der Waals surface area contributed by atoms with E-state index in [0.29, 0.717) is 29.7 Å². The maximum Gasteiger partial charge on any atom is 0.283 e. The Bertz CT molecular complexity index is 1330. The number of aryl methyl sites for hydroxylation is 2. The minimum absolute atomic E-state index is 0.367. The Labute approximate surface area is 189 Å². The first-order valence-electron chi connectivity index (χ1n) is 10.2. The summed E-state index contributed by atoms with van der Waals surface area (Å²) in [6, 6.07) is 20.3. The molecule has 160 valence electrons. The Morgan fingerprint density at radius 2 is 1.78 bits per heavy atom. The van der Waals surface area contributed by atoms with Crippen molar-refractivity contribution in [3.8, 4) is 17.3 Å². The fourth-order valence-corrected chi connectivity index (χ4v) is 4.32. The van der Waals surface area contributed by atoms with E-state index < -0.39 is 0 Å². The molecule has 5 aromatic rings. The van der Waals surface area contributed by atoms with Crippen molar-refractivity contribution in [2.45, 2.75) is 31.2 Å². The van der Waals surface area contributed by atoms with Crippen LogP contribution in [0.5, 0.6) is 0 Å². The molecule has 32 heavy (non-hydrogen) atoms. The smallest absolute Gasteiger partial charge is 0.283 e. The van der Waals surface area contributed by atoms with Crippen molar-refractivity contribution < 1.29 is 8.83 Å². The third-order valence-electron chi connectivity index (χ3n) is 5.02. The Morgan fingerprint density at radius 3 is 2.56 bits per heavy atom. The maximum atomic E-state index is 5.74. The number of rotatable bonds is 7. The van der Waals surface area contributed by atoms with Crippen LogP contribution < -0.4 is 0 Å². The van der Waals surface area contributed by atoms with Gasteiger partial charge in [0.15, 0.2) is 10.9 Å². The molecule has 0 saturated heterocycles. The second-order valence-corrected chi connectivity index (χ2v) is 8.40. The van der Waals surface area contributed by atoms with Gasteiger partial charge in [0, 0.05) is 6.42 Å². The van der Waals surface area contributed by atoms with Gasteiger partial charge in [-0.3, -0.25) is 4.57 Å². The lowest BCUT2D eigenvalue weighted by Gasteiger charge is -2.13. The lowest BCUT2D eigenvalue weighted by molar-refractivity contribution is 0.494. The molecule has 7 nitrogen and oxygen atoms in total. The molecule has 3 heterocycles. The van der Waals surface area contributed by atoms with E-state index in [9.17, 15) is 0 Å². The second-order valence-electron chi connectivity index (χ2n) is 7.45. The highest BCUT2D eigenvalue weighted by atomic mass is 32.2. The van der Waals surface area contributed by atoms with Crippen LogP contribution in [-0.4, -0.2) is 25.0 Å². The van der Waals surface area contributed by atoms with E-state index in [4.69, 9.17) is 8.83 Å². The number of nitrogens with zero attached hydrogens (tertiary/aromatic N) is 5. The number of benzene rings is 2. The second kappa shape index (κ2) is 8.84. The van der Waals surface area contributed by atoms with Gasteiger partial charge in [-0.25, -0.2) is 0 Å². The SMILES string of the molecule is Cc1ccc(-n2c(Cc3ccccc3)nnc2SCc2nnc(-c3ccco3)o2)c(C)c1. The van der Waals surface area contributed by atoms with Crippen LogP contribution >= 0.6 is 11.8 Å². The maximum absolute atomic E-state index is 5.74. The van der Waals surface area contributed by atoms with Gasteiger partial charge in [0.1, 0.15) is 5.82 Å². The molecule has 3 aromatic heterocycles. The molecular weight excluding hydrogens is 422 g/mol. The van der Waals surface area contributed by atoms with Crippen LogP contribution in [-0.2, 0) is 12.2 Å². The van der Waals surface area contributed by atoms with Gasteiger partial charge in [0.25, 0.3) is 5.89 Å². The van der Waals surface area contributed by atoms with Crippen LogP contribution in [0, 0.1) is 13.8 Å². The van der Waals surface area contributed by atoms with Crippen molar-refractivity contribution in [1.82, 2.24) is 25.0 Å². The number of hydrogen-bond donors (Lipinski definition) is 0. The van der Waals surface area contributed by atoms with Crippen LogP contribution in [0.25, 0.3) is 17.3 Å². The summed E-state index contributed by atoms with van der Waals surface area (Å²) >= 11 is 1.51. The fourth-order valence-electron chi connectivity index (χ4n) is 3.52. The molecular formula is C24H21N5O2S. The topological polar surface area (TPSA) is 82.8 Å². The standard InChI is InChI=1S/C24H21N5O2S/c1-16-10-11-19(17(2)13-16)29-21(14-18-7-4-3-5-8-18)25-28-24(29)32-15-22-26-27-23(31-22)20-9-6-12-30-20/h3-13H,14-15H2,1-2H3. The van der Waals surface area contributed by atoms with Gasteiger partial charge in [-0.15, -0.1) is 20.4 Å². The number of aromatic nitrogens is 5. The minimum atomic E-state index is 0.367. The summed E-state index contributed by atoms with van der Waals surface area (Å²) in [5.74, 6) is 2.78. The van der Waals surface area contributed by atoms with E-state index in [-0.39, 0.29) is 0 Å². The number of hydrogen-bond acceptors (Lipinski definition) is 7. The summed E-state index contributed by atoms with van der Waals surface area (Å²) in [7, 11) is 0. The normalized spacial score (nSPS) is 11.2. The van der Waals surface area contributed by atoms with Crippen molar-refractivity contribution in [3.63, 3.8) is 0 Å². The molecule has 0 N–H and O–H groups in total. The molecule has 0 saturated carbocycles. The highest BCUT2D eigenvalue weighted by molar-refractivity contribution is 7.98. The van der Waals surface area contributed by atoms with E-state index in [2.05, 4.69) is 69.1 Å². The number of furan rings is 1. The molecule has 5 rings (SSSR count). The monoisotopic (exact) mass is 443 g/mol. The van der Waals surface area contributed by atoms with Gasteiger partial charge in [-0.2, -0.15) is 0 Å². The summed E-state index contributed by atoms with van der Waals surface area (Å²) in [6.45, 7) is 4.20. The molecule has 0 fully saturated rings. The van der Waals surface area contributed by atoms with Crippen molar-refractivity contribution in [2.75, 3.05) is 0 Å². The average molecular weight is 444 g/mol. The summed E-state index contributed by atoms with van der Waals surface area (Å²) < 4.78 is 13.2. The van der Waals surface area contributed by atoms with Crippen LogP contribution in [0.2, 0.25) is 0 Å². The highest BCUT2D eigenvalue weighted by Gasteiger charge is 2.18. The fraction of sp³-hybridized carbons (Fsp3) is 0.167. The quantitative estimate of drug-likeness (QED) is 0.311. The lowest BCUT2D eigenvalue weighted by Crippen LogP contribution is -2.06.